The topological polar surface area (TPSA) is 55.1 Å². The third-order valence-electron chi connectivity index (χ3n) is 4.34. The van der Waals surface area contributed by atoms with Crippen LogP contribution >= 0.6 is 0 Å². The Morgan fingerprint density at radius 1 is 1.30 bits per heavy atom. The number of hydrogen-bond donors (Lipinski definition) is 2. The van der Waals surface area contributed by atoms with Crippen LogP contribution in [0.3, 0.4) is 0 Å². The summed E-state index contributed by atoms with van der Waals surface area (Å²) in [6, 6.07) is 5.84. The molecule has 1 aromatic rings. The summed E-state index contributed by atoms with van der Waals surface area (Å²) in [6.45, 7) is 4.12. The van der Waals surface area contributed by atoms with Crippen molar-refractivity contribution in [1.82, 2.24) is 5.32 Å². The Kier molecular flexibility index (Phi) is 5.05. The molecule has 110 valence electrons. The Morgan fingerprint density at radius 3 is 2.60 bits per heavy atom. The van der Waals surface area contributed by atoms with Crippen LogP contribution < -0.4 is 11.1 Å². The van der Waals surface area contributed by atoms with Gasteiger partial charge in [-0.1, -0.05) is 26.2 Å². The van der Waals surface area contributed by atoms with E-state index in [0.29, 0.717) is 23.2 Å². The molecule has 20 heavy (non-hydrogen) atoms. The second-order valence-electron chi connectivity index (χ2n) is 6.02. The summed E-state index contributed by atoms with van der Waals surface area (Å²) >= 11 is 0. The molecular formula is C17H26N2O. The number of anilines is 1. The second kappa shape index (κ2) is 6.78. The van der Waals surface area contributed by atoms with E-state index in [0.717, 1.165) is 12.0 Å². The Hall–Kier alpha value is -1.51. The predicted octanol–water partition coefficient (Wildman–Crippen LogP) is 3.67. The molecule has 0 heterocycles. The Bertz CT molecular complexity index is 444. The molecule has 1 atom stereocenters. The van der Waals surface area contributed by atoms with Crippen molar-refractivity contribution in [2.24, 2.45) is 5.92 Å². The molecule has 1 aliphatic rings. The fourth-order valence-corrected chi connectivity index (χ4v) is 3.29. The highest BCUT2D eigenvalue weighted by molar-refractivity contribution is 5.95. The van der Waals surface area contributed by atoms with Crippen LogP contribution in [-0.2, 0) is 0 Å². The largest absolute Gasteiger partial charge is 0.399 e. The highest BCUT2D eigenvalue weighted by atomic mass is 16.1. The number of nitrogens with one attached hydrogen (secondary N) is 1. The van der Waals surface area contributed by atoms with E-state index in [1.807, 2.05) is 19.1 Å². The van der Waals surface area contributed by atoms with E-state index in [1.54, 1.807) is 6.07 Å². The molecule has 0 aliphatic heterocycles. The van der Waals surface area contributed by atoms with Gasteiger partial charge in [0.25, 0.3) is 5.91 Å². The minimum Gasteiger partial charge on any atom is -0.399 e. The van der Waals surface area contributed by atoms with Crippen molar-refractivity contribution < 1.29 is 4.79 Å². The van der Waals surface area contributed by atoms with Crippen molar-refractivity contribution in [3.05, 3.63) is 29.3 Å². The molecule has 3 nitrogen and oxygen atoms in total. The van der Waals surface area contributed by atoms with E-state index in [1.165, 1.54) is 32.1 Å². The Morgan fingerprint density at radius 2 is 2.00 bits per heavy atom. The van der Waals surface area contributed by atoms with Gasteiger partial charge in [-0.2, -0.15) is 0 Å². The van der Waals surface area contributed by atoms with E-state index < -0.39 is 0 Å². The maximum Gasteiger partial charge on any atom is 0.251 e. The zero-order valence-corrected chi connectivity index (χ0v) is 12.6. The van der Waals surface area contributed by atoms with Gasteiger partial charge in [0.2, 0.25) is 0 Å². The van der Waals surface area contributed by atoms with Gasteiger partial charge in [0.05, 0.1) is 0 Å². The highest BCUT2D eigenvalue weighted by Gasteiger charge is 2.24. The van der Waals surface area contributed by atoms with Crippen molar-refractivity contribution >= 4 is 11.6 Å². The lowest BCUT2D eigenvalue weighted by Gasteiger charge is -2.30. The zero-order valence-electron chi connectivity index (χ0n) is 12.6. The van der Waals surface area contributed by atoms with E-state index in [4.69, 9.17) is 5.73 Å². The number of rotatable bonds is 4. The molecule has 0 spiro atoms. The molecule has 1 unspecified atom stereocenters. The van der Waals surface area contributed by atoms with E-state index in [9.17, 15) is 4.79 Å². The molecule has 1 fully saturated rings. The first-order valence-electron chi connectivity index (χ1n) is 7.78. The average molecular weight is 274 g/mol. The van der Waals surface area contributed by atoms with Gasteiger partial charge >= 0.3 is 0 Å². The lowest BCUT2D eigenvalue weighted by Crippen LogP contribution is -2.40. The minimum absolute atomic E-state index is 0.0119. The molecule has 1 aromatic carbocycles. The Labute approximate surface area is 121 Å². The second-order valence-corrected chi connectivity index (χ2v) is 6.02. The number of carbonyl (C=O) groups excluding carboxylic acids is 1. The number of nitrogens with two attached hydrogens (primary N) is 1. The van der Waals surface area contributed by atoms with Crippen LogP contribution in [0, 0.1) is 12.8 Å². The summed E-state index contributed by atoms with van der Waals surface area (Å²) in [4.78, 5) is 12.4. The summed E-state index contributed by atoms with van der Waals surface area (Å²) < 4.78 is 0. The highest BCUT2D eigenvalue weighted by Crippen LogP contribution is 2.28. The predicted molar refractivity (Wildman–Crippen MR) is 83.7 cm³/mol. The molecule has 1 aliphatic carbocycles. The van der Waals surface area contributed by atoms with Crippen LogP contribution in [0.5, 0.6) is 0 Å². The maximum atomic E-state index is 12.4. The number of carbonyl (C=O) groups is 1. The number of aryl methyl sites for hydroxylation is 1. The Balaban J connectivity index is 2.04. The fraction of sp³-hybridized carbons (Fsp3) is 0.588. The smallest absolute Gasteiger partial charge is 0.251 e. The van der Waals surface area contributed by atoms with Crippen LogP contribution in [0.25, 0.3) is 0 Å². The monoisotopic (exact) mass is 274 g/mol. The summed E-state index contributed by atoms with van der Waals surface area (Å²) in [5.74, 6) is 0.651. The van der Waals surface area contributed by atoms with Crippen LogP contribution in [0.2, 0.25) is 0 Å². The number of nitrogen functional groups attached to an aromatic ring is 1. The molecule has 0 radical (unpaired) electrons. The first-order valence-corrected chi connectivity index (χ1v) is 7.78. The van der Waals surface area contributed by atoms with Crippen molar-refractivity contribution in [1.29, 1.82) is 0 Å². The van der Waals surface area contributed by atoms with E-state index in [-0.39, 0.29) is 5.91 Å². The molecule has 0 saturated heterocycles. The first kappa shape index (κ1) is 14.9. The molecule has 1 saturated carbocycles. The number of benzene rings is 1. The van der Waals surface area contributed by atoms with E-state index in [2.05, 4.69) is 12.2 Å². The number of amides is 1. The average Bonchev–Trinajstić information content (AvgIpc) is 2.44. The summed E-state index contributed by atoms with van der Waals surface area (Å²) in [5.41, 5.74) is 8.18. The number of hydrogen-bond acceptors (Lipinski definition) is 2. The SMILES string of the molecule is CCC(NC(=O)c1cc(C)cc(N)c1)C1CCCCC1. The molecule has 0 aromatic heterocycles. The van der Waals surface area contributed by atoms with Crippen LogP contribution in [0.15, 0.2) is 18.2 Å². The first-order chi connectivity index (χ1) is 9.60. The molecule has 0 bridgehead atoms. The van der Waals surface area contributed by atoms with Crippen molar-refractivity contribution in [2.45, 2.75) is 58.4 Å². The van der Waals surface area contributed by atoms with Gasteiger partial charge in [-0.3, -0.25) is 4.79 Å². The summed E-state index contributed by atoms with van der Waals surface area (Å²) in [5, 5.41) is 3.21. The summed E-state index contributed by atoms with van der Waals surface area (Å²) in [7, 11) is 0. The zero-order chi connectivity index (χ0) is 14.5. The molecular weight excluding hydrogens is 248 g/mol. The van der Waals surface area contributed by atoms with Crippen molar-refractivity contribution in [2.75, 3.05) is 5.73 Å². The lowest BCUT2D eigenvalue weighted by molar-refractivity contribution is 0.0911. The fourth-order valence-electron chi connectivity index (χ4n) is 3.29. The third-order valence-corrected chi connectivity index (χ3v) is 4.34. The van der Waals surface area contributed by atoms with Gasteiger partial charge in [0.15, 0.2) is 0 Å². The molecule has 2 rings (SSSR count). The minimum atomic E-state index is 0.0119. The maximum absolute atomic E-state index is 12.4. The standard InChI is InChI=1S/C17H26N2O/c1-3-16(13-7-5-4-6-8-13)19-17(20)14-9-12(2)10-15(18)11-14/h9-11,13,16H,3-8,18H2,1-2H3,(H,19,20). The quantitative estimate of drug-likeness (QED) is 0.823. The van der Waals surface area contributed by atoms with Gasteiger partial charge in [0, 0.05) is 17.3 Å². The van der Waals surface area contributed by atoms with Gasteiger partial charge in [-0.15, -0.1) is 0 Å². The molecule has 3 N–H and O–H groups in total. The molecule has 3 heteroatoms. The third kappa shape index (κ3) is 3.75. The van der Waals surface area contributed by atoms with Gasteiger partial charge < -0.3 is 11.1 Å². The van der Waals surface area contributed by atoms with Gasteiger partial charge in [-0.25, -0.2) is 0 Å². The van der Waals surface area contributed by atoms with Gasteiger partial charge in [0.1, 0.15) is 0 Å². The normalized spacial score (nSPS) is 17.7. The van der Waals surface area contributed by atoms with E-state index >= 15 is 0 Å². The molecule has 1 amide bonds. The van der Waals surface area contributed by atoms with Crippen LogP contribution in [0.4, 0.5) is 5.69 Å². The van der Waals surface area contributed by atoms with Crippen LogP contribution in [-0.4, -0.2) is 11.9 Å². The summed E-state index contributed by atoms with van der Waals surface area (Å²) in [6.07, 6.45) is 7.43. The lowest BCUT2D eigenvalue weighted by atomic mass is 9.83. The van der Waals surface area contributed by atoms with Gasteiger partial charge in [-0.05, 0) is 55.9 Å². The van der Waals surface area contributed by atoms with Crippen molar-refractivity contribution in [3.63, 3.8) is 0 Å². The van der Waals surface area contributed by atoms with Crippen LogP contribution in [0.1, 0.15) is 61.4 Å². The van der Waals surface area contributed by atoms with Crippen molar-refractivity contribution in [3.8, 4) is 0 Å².